The van der Waals surface area contributed by atoms with Gasteiger partial charge in [-0.25, -0.2) is 0 Å². The van der Waals surface area contributed by atoms with E-state index in [-0.39, 0.29) is 17.4 Å². The van der Waals surface area contributed by atoms with E-state index in [1.807, 2.05) is 13.8 Å². The van der Waals surface area contributed by atoms with E-state index < -0.39 is 0 Å². The highest BCUT2D eigenvalue weighted by Gasteiger charge is 2.30. The minimum Gasteiger partial charge on any atom is -0.368 e. The summed E-state index contributed by atoms with van der Waals surface area (Å²) in [7, 11) is 0. The second kappa shape index (κ2) is 4.82. The lowest BCUT2D eigenvalue weighted by Gasteiger charge is -2.14. The van der Waals surface area contributed by atoms with E-state index >= 15 is 0 Å². The Bertz CT molecular complexity index is 184. The van der Waals surface area contributed by atoms with Gasteiger partial charge in [0.2, 0.25) is 5.91 Å². The number of ether oxygens (including phenoxy) is 1. The van der Waals surface area contributed by atoms with Gasteiger partial charge in [-0.05, 0) is 19.3 Å². The van der Waals surface area contributed by atoms with Crippen LogP contribution in [0.15, 0.2) is 0 Å². The van der Waals surface area contributed by atoms with Crippen LogP contribution in [0.1, 0.15) is 20.3 Å². The molecule has 0 aromatic carbocycles. The first-order chi connectivity index (χ1) is 6.11. The molecule has 0 saturated carbocycles. The first-order valence-electron chi connectivity index (χ1n) is 4.64. The number of carbonyl (C=O) groups excluding carboxylic acids is 1. The summed E-state index contributed by atoms with van der Waals surface area (Å²) >= 11 is 5.71. The summed E-state index contributed by atoms with van der Waals surface area (Å²) in [6.45, 7) is 5.07. The van der Waals surface area contributed by atoms with Crippen LogP contribution in [-0.2, 0) is 9.53 Å². The third-order valence-corrected chi connectivity index (χ3v) is 2.36. The fraction of sp³-hybridized carbons (Fsp3) is 0.889. The van der Waals surface area contributed by atoms with Gasteiger partial charge >= 0.3 is 0 Å². The normalized spacial score (nSPS) is 30.1. The zero-order chi connectivity index (χ0) is 9.84. The summed E-state index contributed by atoms with van der Waals surface area (Å²) in [6.07, 6.45) is 0.699. The van der Waals surface area contributed by atoms with E-state index in [1.165, 1.54) is 0 Å². The van der Waals surface area contributed by atoms with E-state index in [2.05, 4.69) is 5.32 Å². The largest absolute Gasteiger partial charge is 0.368 e. The zero-order valence-corrected chi connectivity index (χ0v) is 8.80. The molecule has 3 nitrogen and oxygen atoms in total. The average Bonchev–Trinajstić information content (AvgIpc) is 2.47. The number of halogens is 1. The third kappa shape index (κ3) is 3.16. The van der Waals surface area contributed by atoms with Gasteiger partial charge in [0.25, 0.3) is 0 Å². The summed E-state index contributed by atoms with van der Waals surface area (Å²) in [5, 5.41) is 2.73. The van der Waals surface area contributed by atoms with E-state index in [0.29, 0.717) is 19.1 Å². The van der Waals surface area contributed by atoms with Crippen molar-refractivity contribution in [2.24, 2.45) is 5.92 Å². The predicted octanol–water partition coefficient (Wildman–Crippen LogP) is 1.15. The molecule has 1 amide bonds. The minimum absolute atomic E-state index is 0.0272. The number of carbonyl (C=O) groups is 1. The molecule has 13 heavy (non-hydrogen) atoms. The quantitative estimate of drug-likeness (QED) is 0.703. The monoisotopic (exact) mass is 205 g/mol. The Kier molecular flexibility index (Phi) is 4.00. The lowest BCUT2D eigenvalue weighted by atomic mass is 10.0. The van der Waals surface area contributed by atoms with Gasteiger partial charge in [-0.3, -0.25) is 4.79 Å². The van der Waals surface area contributed by atoms with E-state index in [0.717, 1.165) is 6.42 Å². The standard InChI is InChI=1S/C9H16ClNO2/c1-6-3-4-13-8(6)9(12)11-5-7(2)10/h6-8H,3-5H2,1-2H3,(H,11,12). The molecule has 3 atom stereocenters. The van der Waals surface area contributed by atoms with Gasteiger partial charge in [0.15, 0.2) is 0 Å². The highest BCUT2D eigenvalue weighted by Crippen LogP contribution is 2.19. The highest BCUT2D eigenvalue weighted by atomic mass is 35.5. The van der Waals surface area contributed by atoms with Crippen molar-refractivity contribution in [2.45, 2.75) is 31.7 Å². The maximum Gasteiger partial charge on any atom is 0.249 e. The van der Waals surface area contributed by atoms with Crippen molar-refractivity contribution in [3.8, 4) is 0 Å². The smallest absolute Gasteiger partial charge is 0.249 e. The van der Waals surface area contributed by atoms with Gasteiger partial charge in [-0.1, -0.05) is 6.92 Å². The van der Waals surface area contributed by atoms with Crippen LogP contribution in [-0.4, -0.2) is 30.5 Å². The van der Waals surface area contributed by atoms with Crippen LogP contribution in [0.3, 0.4) is 0 Å². The third-order valence-electron chi connectivity index (χ3n) is 2.20. The molecule has 0 spiro atoms. The number of hydrogen-bond acceptors (Lipinski definition) is 2. The van der Waals surface area contributed by atoms with Crippen LogP contribution in [0, 0.1) is 5.92 Å². The molecular weight excluding hydrogens is 190 g/mol. The van der Waals surface area contributed by atoms with Gasteiger partial charge in [0, 0.05) is 18.5 Å². The summed E-state index contributed by atoms with van der Waals surface area (Å²) in [5.74, 6) is 0.295. The van der Waals surface area contributed by atoms with Crippen molar-refractivity contribution < 1.29 is 9.53 Å². The van der Waals surface area contributed by atoms with Gasteiger partial charge in [-0.15, -0.1) is 11.6 Å². The molecule has 1 N–H and O–H groups in total. The molecule has 76 valence electrons. The molecule has 0 aromatic heterocycles. The second-order valence-electron chi connectivity index (χ2n) is 3.58. The fourth-order valence-electron chi connectivity index (χ4n) is 1.37. The molecule has 1 aliphatic rings. The summed E-state index contributed by atoms with van der Waals surface area (Å²) in [4.78, 5) is 11.5. The van der Waals surface area contributed by atoms with Crippen LogP contribution in [0.5, 0.6) is 0 Å². The summed E-state index contributed by atoms with van der Waals surface area (Å²) in [6, 6.07) is 0. The van der Waals surface area contributed by atoms with Crippen LogP contribution in [0.25, 0.3) is 0 Å². The zero-order valence-electron chi connectivity index (χ0n) is 8.05. The van der Waals surface area contributed by atoms with Crippen LogP contribution in [0.4, 0.5) is 0 Å². The van der Waals surface area contributed by atoms with Crippen molar-refractivity contribution in [1.82, 2.24) is 5.32 Å². The molecule has 3 unspecified atom stereocenters. The van der Waals surface area contributed by atoms with Crippen molar-refractivity contribution in [3.63, 3.8) is 0 Å². The first kappa shape index (κ1) is 10.8. The lowest BCUT2D eigenvalue weighted by molar-refractivity contribution is -0.131. The van der Waals surface area contributed by atoms with Gasteiger partial charge in [0.1, 0.15) is 6.10 Å². The average molecular weight is 206 g/mol. The predicted molar refractivity (Wildman–Crippen MR) is 51.8 cm³/mol. The summed E-state index contributed by atoms with van der Waals surface area (Å²) < 4.78 is 5.30. The molecule has 4 heteroatoms. The van der Waals surface area contributed by atoms with E-state index in [1.54, 1.807) is 0 Å². The molecule has 1 saturated heterocycles. The number of alkyl halides is 1. The molecule has 0 bridgehead atoms. The highest BCUT2D eigenvalue weighted by molar-refractivity contribution is 6.20. The Morgan fingerprint density at radius 1 is 1.77 bits per heavy atom. The van der Waals surface area contributed by atoms with Crippen molar-refractivity contribution >= 4 is 17.5 Å². The van der Waals surface area contributed by atoms with Gasteiger partial charge in [-0.2, -0.15) is 0 Å². The Morgan fingerprint density at radius 3 is 2.92 bits per heavy atom. The number of hydrogen-bond donors (Lipinski definition) is 1. The van der Waals surface area contributed by atoms with Crippen molar-refractivity contribution in [1.29, 1.82) is 0 Å². The number of rotatable bonds is 3. The van der Waals surface area contributed by atoms with E-state index in [4.69, 9.17) is 16.3 Å². The molecular formula is C9H16ClNO2. The molecule has 1 fully saturated rings. The topological polar surface area (TPSA) is 38.3 Å². The van der Waals surface area contributed by atoms with Gasteiger partial charge in [0.05, 0.1) is 0 Å². The molecule has 0 aliphatic carbocycles. The number of amides is 1. The van der Waals surface area contributed by atoms with Crippen molar-refractivity contribution in [2.75, 3.05) is 13.2 Å². The van der Waals surface area contributed by atoms with Crippen LogP contribution in [0.2, 0.25) is 0 Å². The molecule has 1 aliphatic heterocycles. The Morgan fingerprint density at radius 2 is 2.46 bits per heavy atom. The lowest BCUT2D eigenvalue weighted by Crippen LogP contribution is -2.39. The second-order valence-corrected chi connectivity index (χ2v) is 4.33. The SMILES string of the molecule is CC(Cl)CNC(=O)C1OCCC1C. The van der Waals surface area contributed by atoms with Gasteiger partial charge < -0.3 is 10.1 Å². The molecule has 0 aromatic rings. The Hall–Kier alpha value is -0.280. The Balaban J connectivity index is 2.30. The first-order valence-corrected chi connectivity index (χ1v) is 5.08. The maximum absolute atomic E-state index is 11.5. The molecule has 1 rings (SSSR count). The molecule has 0 radical (unpaired) electrons. The van der Waals surface area contributed by atoms with E-state index in [9.17, 15) is 4.79 Å². The Labute approximate surface area is 83.8 Å². The van der Waals surface area contributed by atoms with Crippen molar-refractivity contribution in [3.05, 3.63) is 0 Å². The minimum atomic E-state index is -0.268. The fourth-order valence-corrected chi connectivity index (χ4v) is 1.45. The molecule has 1 heterocycles. The van der Waals surface area contributed by atoms with Crippen LogP contribution < -0.4 is 5.32 Å². The van der Waals surface area contributed by atoms with Crippen LogP contribution >= 0.6 is 11.6 Å². The maximum atomic E-state index is 11.5. The number of nitrogens with one attached hydrogen (secondary N) is 1. The summed E-state index contributed by atoms with van der Waals surface area (Å²) in [5.41, 5.74) is 0.